The van der Waals surface area contributed by atoms with E-state index in [9.17, 15) is 0 Å². The van der Waals surface area contributed by atoms with Crippen molar-refractivity contribution >= 4 is 29.2 Å². The number of hydrogen-bond donors (Lipinski definition) is 0. The van der Waals surface area contributed by atoms with Crippen LogP contribution in [0, 0.1) is 0 Å². The summed E-state index contributed by atoms with van der Waals surface area (Å²) < 4.78 is 0.641. The van der Waals surface area contributed by atoms with Crippen LogP contribution in [0.2, 0.25) is 0 Å². The van der Waals surface area contributed by atoms with Gasteiger partial charge in [0.25, 0.3) is 0 Å². The van der Waals surface area contributed by atoms with Crippen LogP contribution in [0.15, 0.2) is 0 Å². The molecular formula is C5H8NS2. The first-order chi connectivity index (χ1) is 3.80. The molecule has 8 heavy (non-hydrogen) atoms. The molecule has 1 saturated heterocycles. The molecule has 3 heteroatoms. The predicted molar refractivity (Wildman–Crippen MR) is 41.0 cm³/mol. The average molecular weight is 146 g/mol. The molecule has 0 aromatic rings. The second-order valence-corrected chi connectivity index (χ2v) is 2.99. The minimum Gasteiger partial charge on any atom is -0.354 e. The van der Waals surface area contributed by atoms with E-state index < -0.39 is 0 Å². The van der Waals surface area contributed by atoms with E-state index in [-0.39, 0.29) is 0 Å². The largest absolute Gasteiger partial charge is 0.354 e. The maximum Gasteiger partial charge on any atom is 0.166 e. The van der Waals surface area contributed by atoms with Crippen LogP contribution < -0.4 is 0 Å². The fraction of sp³-hybridized carbons (Fsp3) is 0.800. The van der Waals surface area contributed by atoms with E-state index in [1.807, 2.05) is 0 Å². The normalized spacial score (nSPS) is 19.2. The van der Waals surface area contributed by atoms with Crippen molar-refractivity contribution in [1.82, 2.24) is 4.90 Å². The molecular weight excluding hydrogens is 138 g/mol. The van der Waals surface area contributed by atoms with Gasteiger partial charge in [0.1, 0.15) is 0 Å². The summed E-state index contributed by atoms with van der Waals surface area (Å²) in [5.41, 5.74) is 0. The molecule has 1 radical (unpaired) electrons. The Morgan fingerprint density at radius 3 is 2.00 bits per heavy atom. The van der Waals surface area contributed by atoms with Gasteiger partial charge in [-0.05, 0) is 37.7 Å². The van der Waals surface area contributed by atoms with Gasteiger partial charge in [-0.1, -0.05) is 0 Å². The molecule has 0 aromatic heterocycles. The summed E-state index contributed by atoms with van der Waals surface area (Å²) in [7, 11) is 0. The van der Waals surface area contributed by atoms with E-state index >= 15 is 0 Å². The van der Waals surface area contributed by atoms with Gasteiger partial charge in [0.05, 0.1) is 0 Å². The van der Waals surface area contributed by atoms with Gasteiger partial charge >= 0.3 is 0 Å². The van der Waals surface area contributed by atoms with Gasteiger partial charge in [-0.3, -0.25) is 0 Å². The first-order valence-corrected chi connectivity index (χ1v) is 3.58. The van der Waals surface area contributed by atoms with E-state index in [1.54, 1.807) is 0 Å². The Hall–Kier alpha value is 0.110. The second kappa shape index (κ2) is 2.60. The van der Waals surface area contributed by atoms with E-state index in [0.717, 1.165) is 13.1 Å². The highest BCUT2D eigenvalue weighted by Crippen LogP contribution is 2.09. The fourth-order valence-corrected chi connectivity index (χ4v) is 1.26. The molecule has 0 N–H and O–H groups in total. The van der Waals surface area contributed by atoms with Crippen molar-refractivity contribution in [2.75, 3.05) is 13.1 Å². The molecule has 0 saturated carbocycles. The predicted octanol–water partition coefficient (Wildman–Crippen LogP) is 1.56. The van der Waals surface area contributed by atoms with Crippen LogP contribution in [-0.2, 0) is 0 Å². The number of likely N-dealkylation sites (tertiary alicyclic amines) is 1. The van der Waals surface area contributed by atoms with Crippen molar-refractivity contribution in [2.24, 2.45) is 0 Å². The van der Waals surface area contributed by atoms with Crippen LogP contribution in [0.1, 0.15) is 12.8 Å². The molecule has 1 heterocycles. The van der Waals surface area contributed by atoms with Gasteiger partial charge in [0, 0.05) is 13.1 Å². The minimum atomic E-state index is 0.641. The number of hydrogen-bond acceptors (Lipinski definition) is 1. The molecule has 0 amide bonds. The van der Waals surface area contributed by atoms with Crippen molar-refractivity contribution < 1.29 is 0 Å². The lowest BCUT2D eigenvalue weighted by Gasteiger charge is -2.11. The summed E-state index contributed by atoms with van der Waals surface area (Å²) in [5.74, 6) is 0. The Kier molecular flexibility index (Phi) is 2.02. The second-order valence-electron chi connectivity index (χ2n) is 1.96. The molecule has 1 rings (SSSR count). The summed E-state index contributed by atoms with van der Waals surface area (Å²) in [4.78, 5) is 2.07. The van der Waals surface area contributed by atoms with Gasteiger partial charge in [-0.25, -0.2) is 0 Å². The molecule has 0 bridgehead atoms. The van der Waals surface area contributed by atoms with Crippen molar-refractivity contribution in [1.29, 1.82) is 0 Å². The van der Waals surface area contributed by atoms with Crippen molar-refractivity contribution in [3.63, 3.8) is 0 Å². The lowest BCUT2D eigenvalue weighted by molar-refractivity contribution is 0.539. The first kappa shape index (κ1) is 6.23. The minimum absolute atomic E-state index is 0.641. The zero-order valence-corrected chi connectivity index (χ0v) is 6.23. The Morgan fingerprint density at radius 1 is 1.25 bits per heavy atom. The van der Waals surface area contributed by atoms with Gasteiger partial charge in [0.15, 0.2) is 4.32 Å². The summed E-state index contributed by atoms with van der Waals surface area (Å²) in [6.07, 6.45) is 2.52. The zero-order chi connectivity index (χ0) is 5.98. The number of thiocarbonyl (C=S) groups is 1. The summed E-state index contributed by atoms with van der Waals surface area (Å²) in [6.45, 7) is 2.17. The molecule has 0 atom stereocenters. The van der Waals surface area contributed by atoms with Crippen LogP contribution >= 0.6 is 24.8 Å². The van der Waals surface area contributed by atoms with E-state index in [0.29, 0.717) is 4.32 Å². The van der Waals surface area contributed by atoms with E-state index in [2.05, 4.69) is 4.90 Å². The highest BCUT2D eigenvalue weighted by molar-refractivity contribution is 8.10. The summed E-state index contributed by atoms with van der Waals surface area (Å²) in [5, 5.41) is 0. The molecule has 0 unspecified atom stereocenters. The van der Waals surface area contributed by atoms with Crippen molar-refractivity contribution in [3.8, 4) is 0 Å². The maximum atomic E-state index is 4.80. The Bertz CT molecular complexity index is 96.6. The van der Waals surface area contributed by atoms with Crippen molar-refractivity contribution in [2.45, 2.75) is 12.8 Å². The Balaban J connectivity index is 2.35. The summed E-state index contributed by atoms with van der Waals surface area (Å²) in [6, 6.07) is 0. The molecule has 0 spiro atoms. The summed E-state index contributed by atoms with van der Waals surface area (Å²) >= 11 is 9.59. The van der Waals surface area contributed by atoms with Crippen molar-refractivity contribution in [3.05, 3.63) is 0 Å². The highest BCUT2D eigenvalue weighted by atomic mass is 32.1. The number of nitrogens with zero attached hydrogens (tertiary/aromatic N) is 1. The van der Waals surface area contributed by atoms with E-state index in [1.165, 1.54) is 12.8 Å². The smallest absolute Gasteiger partial charge is 0.166 e. The molecule has 1 aliphatic rings. The van der Waals surface area contributed by atoms with Gasteiger partial charge < -0.3 is 4.90 Å². The van der Waals surface area contributed by atoms with Gasteiger partial charge in [-0.15, -0.1) is 0 Å². The fourth-order valence-electron chi connectivity index (χ4n) is 0.900. The van der Waals surface area contributed by atoms with E-state index in [4.69, 9.17) is 24.8 Å². The molecule has 1 fully saturated rings. The monoisotopic (exact) mass is 146 g/mol. The Labute approximate surface area is 60.5 Å². The van der Waals surface area contributed by atoms with Crippen LogP contribution in [-0.4, -0.2) is 22.3 Å². The lowest BCUT2D eigenvalue weighted by atomic mass is 10.4. The molecule has 1 nitrogen and oxygen atoms in total. The van der Waals surface area contributed by atoms with Crippen LogP contribution in [0.4, 0.5) is 0 Å². The average Bonchev–Trinajstić information content (AvgIpc) is 2.12. The maximum absolute atomic E-state index is 4.80. The van der Waals surface area contributed by atoms with Gasteiger partial charge in [-0.2, -0.15) is 0 Å². The molecule has 0 aromatic carbocycles. The first-order valence-electron chi connectivity index (χ1n) is 2.76. The number of rotatable bonds is 0. The lowest BCUT2D eigenvalue weighted by Crippen LogP contribution is -2.20. The third-order valence-electron chi connectivity index (χ3n) is 1.36. The topological polar surface area (TPSA) is 3.24 Å². The third-order valence-corrected chi connectivity index (χ3v) is 1.88. The quantitative estimate of drug-likeness (QED) is 0.477. The molecule has 0 aliphatic carbocycles. The van der Waals surface area contributed by atoms with Crippen LogP contribution in [0.5, 0.6) is 0 Å². The van der Waals surface area contributed by atoms with Crippen LogP contribution in [0.25, 0.3) is 0 Å². The van der Waals surface area contributed by atoms with Gasteiger partial charge in [0.2, 0.25) is 0 Å². The SMILES string of the molecule is [S]C(=S)N1CCCC1. The zero-order valence-electron chi connectivity index (χ0n) is 4.59. The third kappa shape index (κ3) is 1.29. The Morgan fingerprint density at radius 2 is 1.75 bits per heavy atom. The molecule has 45 valence electrons. The standard InChI is InChI=1S/C5H8NS2/c7-5(8)6-3-1-2-4-6/h1-4H2. The molecule has 1 aliphatic heterocycles. The highest BCUT2D eigenvalue weighted by Gasteiger charge is 2.11. The van der Waals surface area contributed by atoms with Crippen LogP contribution in [0.3, 0.4) is 0 Å².